The van der Waals surface area contributed by atoms with Crippen LogP contribution in [0.25, 0.3) is 0 Å². The molecule has 0 aliphatic rings. The van der Waals surface area contributed by atoms with Crippen molar-refractivity contribution >= 4 is 9.24 Å². The highest BCUT2D eigenvalue weighted by Gasteiger charge is 2.23. The third-order valence-electron chi connectivity index (χ3n) is 0.179. The predicted octanol–water partition coefficient (Wildman–Crippen LogP) is 1.96. The summed E-state index contributed by atoms with van der Waals surface area (Å²) in [6, 6.07) is 0. The van der Waals surface area contributed by atoms with Crippen LogP contribution in [0.4, 0.5) is 13.2 Å². The molecule has 0 spiro atoms. The van der Waals surface area contributed by atoms with Crippen LogP contribution in [0.5, 0.6) is 0 Å². The summed E-state index contributed by atoms with van der Waals surface area (Å²) in [5.74, 6) is 0. The first-order valence-electron chi connectivity index (χ1n) is 1.24. The monoisotopic (exact) mass is 114 g/mol. The highest BCUT2D eigenvalue weighted by molar-refractivity contribution is 7.16. The topological polar surface area (TPSA) is 0 Å². The van der Waals surface area contributed by atoms with Gasteiger partial charge in [-0.15, -0.1) is 0 Å². The van der Waals surface area contributed by atoms with Gasteiger partial charge in [-0.3, -0.25) is 0 Å². The largest absolute Gasteiger partial charge is 0.393 e. The Morgan fingerprint density at radius 1 is 1.33 bits per heavy atom. The molecule has 0 N–H and O–H groups in total. The van der Waals surface area contributed by atoms with E-state index < -0.39 is 12.3 Å². The van der Waals surface area contributed by atoms with Crippen molar-refractivity contribution < 1.29 is 13.2 Å². The number of halogens is 3. The van der Waals surface area contributed by atoms with Gasteiger partial charge in [0, 0.05) is 0 Å². The van der Waals surface area contributed by atoms with E-state index in [0.717, 1.165) is 0 Å². The fourth-order valence-electron chi connectivity index (χ4n) is 0. The predicted molar refractivity (Wildman–Crippen MR) is 17.8 cm³/mol. The molecule has 0 aliphatic carbocycles. The van der Waals surface area contributed by atoms with Crippen molar-refractivity contribution in [2.45, 2.75) is 6.18 Å². The van der Waals surface area contributed by atoms with E-state index in [0.29, 0.717) is 0 Å². The fourth-order valence-corrected chi connectivity index (χ4v) is 0. The summed E-state index contributed by atoms with van der Waals surface area (Å²) in [7, 11) is 2.98. The number of alkyl halides is 3. The molecule has 0 fully saturated rings. The van der Waals surface area contributed by atoms with Gasteiger partial charge in [0.2, 0.25) is 0 Å². The van der Waals surface area contributed by atoms with Gasteiger partial charge in [-0.05, 0) is 9.24 Å². The molecule has 0 aliphatic heterocycles. The molecule has 0 bridgehead atoms. The summed E-state index contributed by atoms with van der Waals surface area (Å²) in [6.07, 6.45) is -5.13. The number of rotatable bonds is 0. The second-order valence-electron chi connectivity index (χ2n) is 0.773. The Labute approximate surface area is 35.9 Å². The first-order chi connectivity index (χ1) is 2.56. The van der Waals surface area contributed by atoms with Gasteiger partial charge in [-0.25, -0.2) is 0 Å². The lowest BCUT2D eigenvalue weighted by atomic mass is 10.8. The van der Waals surface area contributed by atoms with E-state index in [1.54, 1.807) is 0 Å². The zero-order valence-electron chi connectivity index (χ0n) is 2.79. The van der Waals surface area contributed by atoms with Gasteiger partial charge in [0.15, 0.2) is 0 Å². The molecule has 0 aromatic rings. The quantitative estimate of drug-likeness (QED) is 0.422. The van der Waals surface area contributed by atoms with Gasteiger partial charge in [0.1, 0.15) is 0 Å². The number of hydrogen-bond donors (Lipinski definition) is 0. The molecule has 6 heavy (non-hydrogen) atoms. The minimum Gasteiger partial charge on any atom is -0.171 e. The summed E-state index contributed by atoms with van der Waals surface area (Å²) >= 11 is 0. The molecule has 0 aromatic carbocycles. The summed E-state index contributed by atoms with van der Waals surface area (Å²) in [4.78, 5) is 0. The summed E-state index contributed by atoms with van der Waals surface area (Å²) < 4.78 is 32.1. The van der Waals surface area contributed by atoms with Crippen LogP contribution in [0.1, 0.15) is 0 Å². The van der Waals surface area contributed by atoms with Crippen LogP contribution in [-0.2, 0) is 0 Å². The van der Waals surface area contributed by atoms with E-state index in [-0.39, 0.29) is 0 Å². The third kappa shape index (κ3) is 4.22. The van der Waals surface area contributed by atoms with Gasteiger partial charge in [-0.1, -0.05) is 0 Å². The van der Waals surface area contributed by atoms with Crippen molar-refractivity contribution in [3.8, 4) is 0 Å². The van der Waals surface area contributed by atoms with Crippen LogP contribution in [0.2, 0.25) is 0 Å². The summed E-state index contributed by atoms with van der Waals surface area (Å²) in [5.41, 5.74) is 0. The van der Waals surface area contributed by atoms with Gasteiger partial charge < -0.3 is 0 Å². The molecular formula is C2H2F3P. The van der Waals surface area contributed by atoms with Gasteiger partial charge >= 0.3 is 6.18 Å². The Morgan fingerprint density at radius 3 is 1.50 bits per heavy atom. The molecule has 0 nitrogen and oxygen atoms in total. The SMILES string of the molecule is FC(F)(F)C[P]. The minimum absolute atomic E-state index is 1.03. The molecule has 0 rings (SSSR count). The molecule has 0 atom stereocenters. The van der Waals surface area contributed by atoms with E-state index in [9.17, 15) is 13.2 Å². The van der Waals surface area contributed by atoms with Crippen LogP contribution in [-0.4, -0.2) is 12.3 Å². The second-order valence-corrected chi connectivity index (χ2v) is 1.09. The van der Waals surface area contributed by atoms with Crippen molar-refractivity contribution in [1.29, 1.82) is 0 Å². The average Bonchev–Trinajstić information content (AvgIpc) is 1.35. The normalized spacial score (nSPS) is 12.0. The van der Waals surface area contributed by atoms with E-state index in [1.165, 1.54) is 0 Å². The average molecular weight is 114 g/mol. The Kier molecular flexibility index (Phi) is 1.85. The molecule has 2 radical (unpaired) electrons. The summed E-state index contributed by atoms with van der Waals surface area (Å²) in [5, 5.41) is 0. The highest BCUT2D eigenvalue weighted by Crippen LogP contribution is 2.16. The Balaban J connectivity index is 3.17. The second kappa shape index (κ2) is 1.78. The zero-order valence-corrected chi connectivity index (χ0v) is 3.68. The van der Waals surface area contributed by atoms with Crippen LogP contribution < -0.4 is 0 Å². The molecule has 36 valence electrons. The van der Waals surface area contributed by atoms with Crippen molar-refractivity contribution in [2.75, 3.05) is 6.16 Å². The molecule has 4 heteroatoms. The molecular weight excluding hydrogens is 112 g/mol. The van der Waals surface area contributed by atoms with Crippen molar-refractivity contribution in [3.05, 3.63) is 0 Å². The van der Waals surface area contributed by atoms with E-state index in [4.69, 9.17) is 0 Å². The van der Waals surface area contributed by atoms with Crippen LogP contribution in [0.3, 0.4) is 0 Å². The molecule has 0 heterocycles. The maximum absolute atomic E-state index is 10.7. The lowest BCUT2D eigenvalue weighted by Crippen LogP contribution is -2.07. The van der Waals surface area contributed by atoms with Crippen molar-refractivity contribution in [2.24, 2.45) is 0 Å². The van der Waals surface area contributed by atoms with Crippen molar-refractivity contribution in [3.63, 3.8) is 0 Å². The molecule has 0 amide bonds. The van der Waals surface area contributed by atoms with Crippen molar-refractivity contribution in [1.82, 2.24) is 0 Å². The van der Waals surface area contributed by atoms with Crippen LogP contribution in [0, 0.1) is 0 Å². The Bertz CT molecular complexity index is 38.5. The summed E-state index contributed by atoms with van der Waals surface area (Å²) in [6.45, 7) is 0. The molecule has 0 saturated carbocycles. The smallest absolute Gasteiger partial charge is 0.171 e. The Morgan fingerprint density at radius 2 is 1.50 bits per heavy atom. The first-order valence-corrected chi connectivity index (χ1v) is 1.87. The van der Waals surface area contributed by atoms with Gasteiger partial charge in [-0.2, -0.15) is 13.2 Å². The minimum atomic E-state index is -4.09. The maximum atomic E-state index is 10.7. The lowest BCUT2D eigenvalue weighted by Gasteiger charge is -1.95. The first kappa shape index (κ1) is 6.22. The number of hydrogen-bond acceptors (Lipinski definition) is 0. The van der Waals surface area contributed by atoms with E-state index in [1.807, 2.05) is 0 Å². The van der Waals surface area contributed by atoms with Gasteiger partial charge in [0.25, 0.3) is 0 Å². The highest BCUT2D eigenvalue weighted by atomic mass is 31.0. The maximum Gasteiger partial charge on any atom is 0.393 e. The molecule has 0 aromatic heterocycles. The van der Waals surface area contributed by atoms with Crippen LogP contribution >= 0.6 is 9.24 Å². The van der Waals surface area contributed by atoms with Crippen LogP contribution in [0.15, 0.2) is 0 Å². The van der Waals surface area contributed by atoms with E-state index in [2.05, 4.69) is 9.24 Å². The third-order valence-corrected chi connectivity index (χ3v) is 0.538. The zero-order chi connectivity index (χ0) is 5.21. The fraction of sp³-hybridized carbons (Fsp3) is 1.00. The molecule has 0 saturated heterocycles. The van der Waals surface area contributed by atoms with E-state index >= 15 is 0 Å². The standard InChI is InChI=1S/C2H2F3P/c3-2(4,5)1-6/h1H2. The molecule has 0 unspecified atom stereocenters. The lowest BCUT2D eigenvalue weighted by molar-refractivity contribution is -0.105. The van der Waals surface area contributed by atoms with Gasteiger partial charge in [0.05, 0.1) is 6.16 Å². The Hall–Kier alpha value is 0.220.